The molecule has 1 aromatic heterocycles. The average molecular weight is 287 g/mol. The Kier molecular flexibility index (Phi) is 3.97. The molecule has 0 radical (unpaired) electrons. The summed E-state index contributed by atoms with van der Waals surface area (Å²) in [5.41, 5.74) is 1.10. The van der Waals surface area contributed by atoms with Crippen LogP contribution in [0.3, 0.4) is 0 Å². The summed E-state index contributed by atoms with van der Waals surface area (Å²) in [6, 6.07) is 13.0. The molecule has 1 aromatic carbocycles. The van der Waals surface area contributed by atoms with Gasteiger partial charge in [-0.05, 0) is 56.2 Å². The number of anilines is 1. The summed E-state index contributed by atoms with van der Waals surface area (Å²) in [6.45, 7) is 4.13. The highest BCUT2D eigenvalue weighted by Gasteiger charge is 2.33. The molecule has 1 aliphatic rings. The van der Waals surface area contributed by atoms with Gasteiger partial charge < -0.3 is 10.1 Å². The van der Waals surface area contributed by atoms with Crippen LogP contribution >= 0.6 is 11.3 Å². The van der Waals surface area contributed by atoms with Crippen molar-refractivity contribution < 1.29 is 4.74 Å². The predicted octanol–water partition coefficient (Wildman–Crippen LogP) is 5.10. The van der Waals surface area contributed by atoms with Crippen molar-refractivity contribution in [3.63, 3.8) is 0 Å². The van der Waals surface area contributed by atoms with Crippen LogP contribution in [0.25, 0.3) is 0 Å². The molecule has 2 nitrogen and oxygen atoms in total. The fourth-order valence-corrected chi connectivity index (χ4v) is 3.30. The molecular formula is C17H21NOS. The van der Waals surface area contributed by atoms with Crippen LogP contribution in [0.15, 0.2) is 41.8 Å². The van der Waals surface area contributed by atoms with Gasteiger partial charge in [0.15, 0.2) is 0 Å². The Hall–Kier alpha value is -1.48. The summed E-state index contributed by atoms with van der Waals surface area (Å²) in [5, 5.41) is 5.86. The van der Waals surface area contributed by atoms with Crippen molar-refractivity contribution in [3.8, 4) is 5.75 Å². The van der Waals surface area contributed by atoms with E-state index in [0.29, 0.717) is 6.04 Å². The van der Waals surface area contributed by atoms with Gasteiger partial charge >= 0.3 is 0 Å². The zero-order valence-electron chi connectivity index (χ0n) is 12.0. The minimum atomic E-state index is 0.194. The molecule has 1 unspecified atom stereocenters. The molecule has 1 N–H and O–H groups in total. The van der Waals surface area contributed by atoms with Gasteiger partial charge in [0.05, 0.1) is 17.8 Å². The second kappa shape index (κ2) is 5.88. The highest BCUT2D eigenvalue weighted by Crippen LogP contribution is 2.45. The highest BCUT2D eigenvalue weighted by molar-refractivity contribution is 7.10. The van der Waals surface area contributed by atoms with Crippen LogP contribution in [-0.4, -0.2) is 6.10 Å². The van der Waals surface area contributed by atoms with Gasteiger partial charge in [0.1, 0.15) is 5.75 Å². The van der Waals surface area contributed by atoms with Gasteiger partial charge in [-0.3, -0.25) is 0 Å². The average Bonchev–Trinajstić information content (AvgIpc) is 3.11. The lowest BCUT2D eigenvalue weighted by molar-refractivity contribution is 0.243. The van der Waals surface area contributed by atoms with E-state index < -0.39 is 0 Å². The van der Waals surface area contributed by atoms with Gasteiger partial charge in [-0.25, -0.2) is 0 Å². The molecule has 0 amide bonds. The first-order chi connectivity index (χ1) is 9.74. The van der Waals surface area contributed by atoms with E-state index in [1.54, 1.807) is 0 Å². The number of nitrogens with one attached hydrogen (secondary N) is 1. The Morgan fingerprint density at radius 1 is 1.15 bits per heavy atom. The molecular weight excluding hydrogens is 266 g/mol. The maximum atomic E-state index is 5.90. The molecule has 20 heavy (non-hydrogen) atoms. The molecule has 0 spiro atoms. The standard InChI is InChI=1S/C17H21NOS/c1-12(2)19-15-7-4-3-6-14(15)18-17(13-9-10-13)16-8-5-11-20-16/h3-8,11-13,17-18H,9-10H2,1-2H3. The first-order valence-corrected chi connectivity index (χ1v) is 8.17. The second-order valence-electron chi connectivity index (χ2n) is 5.64. The van der Waals surface area contributed by atoms with Crippen LogP contribution in [0.1, 0.15) is 37.6 Å². The Balaban J connectivity index is 1.82. The number of hydrogen-bond acceptors (Lipinski definition) is 3. The van der Waals surface area contributed by atoms with E-state index in [1.807, 2.05) is 23.5 Å². The first-order valence-electron chi connectivity index (χ1n) is 7.29. The molecule has 3 heteroatoms. The molecule has 3 rings (SSSR count). The Morgan fingerprint density at radius 2 is 1.95 bits per heavy atom. The van der Waals surface area contributed by atoms with Crippen LogP contribution in [0.4, 0.5) is 5.69 Å². The molecule has 1 heterocycles. The molecule has 1 saturated carbocycles. The third-order valence-corrected chi connectivity index (χ3v) is 4.46. The van der Waals surface area contributed by atoms with Gasteiger partial charge in [-0.2, -0.15) is 0 Å². The van der Waals surface area contributed by atoms with Gasteiger partial charge in [-0.15, -0.1) is 11.3 Å². The molecule has 2 aromatic rings. The number of benzene rings is 1. The first kappa shape index (κ1) is 13.5. The summed E-state index contributed by atoms with van der Waals surface area (Å²) < 4.78 is 5.90. The lowest BCUT2D eigenvalue weighted by Gasteiger charge is -2.21. The van der Waals surface area contributed by atoms with Gasteiger partial charge in [0.25, 0.3) is 0 Å². The van der Waals surface area contributed by atoms with Crippen molar-refractivity contribution in [2.45, 2.75) is 38.8 Å². The topological polar surface area (TPSA) is 21.3 Å². The third-order valence-electron chi connectivity index (χ3n) is 3.50. The SMILES string of the molecule is CC(C)Oc1ccccc1NC(c1cccs1)C1CC1. The van der Waals surface area contributed by atoms with Crippen molar-refractivity contribution in [2.24, 2.45) is 5.92 Å². The third kappa shape index (κ3) is 3.15. The second-order valence-corrected chi connectivity index (χ2v) is 6.62. The van der Waals surface area contributed by atoms with Crippen molar-refractivity contribution in [3.05, 3.63) is 46.7 Å². The van der Waals surface area contributed by atoms with Crippen LogP contribution in [0.5, 0.6) is 5.75 Å². The van der Waals surface area contributed by atoms with Crippen molar-refractivity contribution in [1.82, 2.24) is 0 Å². The normalized spacial score (nSPS) is 16.1. The quantitative estimate of drug-likeness (QED) is 0.798. The van der Waals surface area contributed by atoms with Gasteiger partial charge in [0.2, 0.25) is 0 Å². The summed E-state index contributed by atoms with van der Waals surface area (Å²) >= 11 is 1.84. The number of hydrogen-bond donors (Lipinski definition) is 1. The van der Waals surface area contributed by atoms with E-state index in [1.165, 1.54) is 17.7 Å². The van der Waals surface area contributed by atoms with Crippen molar-refractivity contribution in [1.29, 1.82) is 0 Å². The summed E-state index contributed by atoms with van der Waals surface area (Å²) in [6.07, 6.45) is 2.84. The van der Waals surface area contributed by atoms with Crippen LogP contribution in [0.2, 0.25) is 0 Å². The largest absolute Gasteiger partial charge is 0.489 e. The number of thiophene rings is 1. The lowest BCUT2D eigenvalue weighted by Crippen LogP contribution is -2.14. The molecule has 106 valence electrons. The fraction of sp³-hybridized carbons (Fsp3) is 0.412. The monoisotopic (exact) mass is 287 g/mol. The molecule has 0 saturated heterocycles. The van der Waals surface area contributed by atoms with Crippen LogP contribution in [0, 0.1) is 5.92 Å². The minimum Gasteiger partial charge on any atom is -0.489 e. The summed E-state index contributed by atoms with van der Waals surface area (Å²) in [5.74, 6) is 1.71. The zero-order valence-corrected chi connectivity index (χ0v) is 12.8. The van der Waals surface area contributed by atoms with E-state index in [9.17, 15) is 0 Å². The van der Waals surface area contributed by atoms with Crippen LogP contribution in [-0.2, 0) is 0 Å². The minimum absolute atomic E-state index is 0.194. The van der Waals surface area contributed by atoms with Crippen molar-refractivity contribution in [2.75, 3.05) is 5.32 Å². The van der Waals surface area contributed by atoms with E-state index in [-0.39, 0.29) is 6.10 Å². The molecule has 1 atom stereocenters. The van der Waals surface area contributed by atoms with Crippen molar-refractivity contribution >= 4 is 17.0 Å². The number of rotatable bonds is 6. The van der Waals surface area contributed by atoms with E-state index >= 15 is 0 Å². The lowest BCUT2D eigenvalue weighted by atomic mass is 10.1. The Bertz CT molecular complexity index is 546. The molecule has 1 fully saturated rings. The maximum absolute atomic E-state index is 5.90. The van der Waals surface area contributed by atoms with E-state index in [4.69, 9.17) is 4.74 Å². The zero-order chi connectivity index (χ0) is 13.9. The van der Waals surface area contributed by atoms with E-state index in [0.717, 1.165) is 17.4 Å². The maximum Gasteiger partial charge on any atom is 0.142 e. The predicted molar refractivity (Wildman–Crippen MR) is 85.6 cm³/mol. The van der Waals surface area contributed by atoms with Crippen LogP contribution < -0.4 is 10.1 Å². The summed E-state index contributed by atoms with van der Waals surface area (Å²) in [4.78, 5) is 1.42. The summed E-state index contributed by atoms with van der Waals surface area (Å²) in [7, 11) is 0. The molecule has 0 aliphatic heterocycles. The number of para-hydroxylation sites is 2. The number of ether oxygens (including phenoxy) is 1. The smallest absolute Gasteiger partial charge is 0.142 e. The van der Waals surface area contributed by atoms with Gasteiger partial charge in [-0.1, -0.05) is 18.2 Å². The fourth-order valence-electron chi connectivity index (χ4n) is 2.43. The highest BCUT2D eigenvalue weighted by atomic mass is 32.1. The Morgan fingerprint density at radius 3 is 2.60 bits per heavy atom. The Labute approximate surface area is 124 Å². The van der Waals surface area contributed by atoms with E-state index in [2.05, 4.69) is 48.8 Å². The van der Waals surface area contributed by atoms with Gasteiger partial charge in [0, 0.05) is 4.88 Å². The molecule has 1 aliphatic carbocycles. The molecule has 0 bridgehead atoms.